The van der Waals surface area contributed by atoms with Crippen LogP contribution in [0, 0.1) is 0 Å². The second-order valence-corrected chi connectivity index (χ2v) is 3.23. The maximum atomic E-state index is 10.8. The predicted octanol–water partition coefficient (Wildman–Crippen LogP) is 1.26. The van der Waals surface area contributed by atoms with E-state index in [1.807, 2.05) is 6.07 Å². The molecule has 0 fully saturated rings. The van der Waals surface area contributed by atoms with E-state index in [0.29, 0.717) is 6.42 Å². The van der Waals surface area contributed by atoms with Gasteiger partial charge >= 0.3 is 0 Å². The summed E-state index contributed by atoms with van der Waals surface area (Å²) >= 11 is 1.31. The topological polar surface area (TPSA) is 30.0 Å². The molecule has 3 heteroatoms. The average Bonchev–Trinajstić information content (AvgIpc) is 2.27. The van der Waals surface area contributed by atoms with Gasteiger partial charge in [0, 0.05) is 23.7 Å². The van der Waals surface area contributed by atoms with Gasteiger partial charge in [-0.25, -0.2) is 0 Å². The summed E-state index contributed by atoms with van der Waals surface area (Å²) in [6.45, 7) is 0. The average molecular weight is 151 g/mol. The highest BCUT2D eigenvalue weighted by Crippen LogP contribution is 2.30. The zero-order valence-corrected chi connectivity index (χ0v) is 6.02. The third kappa shape index (κ3) is 0.827. The Bertz CT molecular complexity index is 258. The van der Waals surface area contributed by atoms with Gasteiger partial charge in [-0.15, -0.1) is 0 Å². The first kappa shape index (κ1) is 5.92. The van der Waals surface area contributed by atoms with Crippen molar-refractivity contribution in [1.29, 1.82) is 0 Å². The Morgan fingerprint density at radius 1 is 1.60 bits per heavy atom. The van der Waals surface area contributed by atoms with Crippen molar-refractivity contribution >= 4 is 16.9 Å². The van der Waals surface area contributed by atoms with Crippen LogP contribution in [-0.2, 0) is 11.2 Å². The van der Waals surface area contributed by atoms with Crippen LogP contribution in [0.25, 0.3) is 0 Å². The Kier molecular flexibility index (Phi) is 1.24. The molecule has 0 saturated carbocycles. The molecule has 0 aromatic carbocycles. The van der Waals surface area contributed by atoms with Crippen molar-refractivity contribution in [3.8, 4) is 0 Å². The molecular formula is C7H5NOS. The van der Waals surface area contributed by atoms with Crippen molar-refractivity contribution < 1.29 is 4.79 Å². The highest BCUT2D eigenvalue weighted by atomic mass is 32.2. The van der Waals surface area contributed by atoms with Gasteiger partial charge in [0.15, 0.2) is 5.12 Å². The molecule has 1 aromatic rings. The first-order chi connectivity index (χ1) is 4.86. The summed E-state index contributed by atoms with van der Waals surface area (Å²) < 4.78 is 0. The predicted molar refractivity (Wildman–Crippen MR) is 38.8 cm³/mol. The van der Waals surface area contributed by atoms with Crippen LogP contribution in [0.3, 0.4) is 0 Å². The van der Waals surface area contributed by atoms with E-state index < -0.39 is 0 Å². The van der Waals surface area contributed by atoms with Gasteiger partial charge in [0.25, 0.3) is 0 Å². The molecule has 0 N–H and O–H groups in total. The highest BCUT2D eigenvalue weighted by Gasteiger charge is 2.18. The van der Waals surface area contributed by atoms with Gasteiger partial charge in [-0.2, -0.15) is 0 Å². The number of thioether (sulfide) groups is 1. The lowest BCUT2D eigenvalue weighted by molar-refractivity contribution is -0.110. The van der Waals surface area contributed by atoms with Crippen LogP contribution >= 0.6 is 11.8 Å². The number of carbonyl (C=O) groups is 1. The smallest absolute Gasteiger partial charge is 0.198 e. The van der Waals surface area contributed by atoms with Gasteiger partial charge in [-0.1, -0.05) is 11.8 Å². The Morgan fingerprint density at radius 2 is 2.50 bits per heavy atom. The fourth-order valence-corrected chi connectivity index (χ4v) is 1.82. The zero-order valence-electron chi connectivity index (χ0n) is 5.20. The molecule has 0 unspecified atom stereocenters. The number of fused-ring (bicyclic) bond motifs is 1. The molecule has 2 heterocycles. The normalized spacial score (nSPS) is 15.4. The monoisotopic (exact) mass is 151 g/mol. The molecule has 2 nitrogen and oxygen atoms in total. The molecule has 10 heavy (non-hydrogen) atoms. The van der Waals surface area contributed by atoms with E-state index in [2.05, 4.69) is 4.98 Å². The minimum absolute atomic E-state index is 0.225. The summed E-state index contributed by atoms with van der Waals surface area (Å²) in [5.41, 5.74) is 1.07. The number of aromatic nitrogens is 1. The number of hydrogen-bond donors (Lipinski definition) is 0. The van der Waals surface area contributed by atoms with Crippen molar-refractivity contribution in [2.24, 2.45) is 0 Å². The lowest BCUT2D eigenvalue weighted by Crippen LogP contribution is -1.86. The van der Waals surface area contributed by atoms with E-state index in [4.69, 9.17) is 0 Å². The van der Waals surface area contributed by atoms with Gasteiger partial charge in [-0.3, -0.25) is 9.78 Å². The third-order valence-electron chi connectivity index (χ3n) is 1.42. The highest BCUT2D eigenvalue weighted by molar-refractivity contribution is 8.14. The SMILES string of the molecule is O=C1Cc2cnccc2S1. The zero-order chi connectivity index (χ0) is 6.97. The van der Waals surface area contributed by atoms with Crippen LogP contribution in [-0.4, -0.2) is 10.1 Å². The van der Waals surface area contributed by atoms with E-state index in [-0.39, 0.29) is 5.12 Å². The van der Waals surface area contributed by atoms with E-state index in [1.54, 1.807) is 12.4 Å². The van der Waals surface area contributed by atoms with Crippen molar-refractivity contribution in [3.63, 3.8) is 0 Å². The molecule has 0 radical (unpaired) electrons. The Labute approximate surface area is 62.7 Å². The van der Waals surface area contributed by atoms with Crippen molar-refractivity contribution in [2.75, 3.05) is 0 Å². The number of pyridine rings is 1. The summed E-state index contributed by atoms with van der Waals surface area (Å²) in [6.07, 6.45) is 4.02. The largest absolute Gasteiger partial charge is 0.286 e. The van der Waals surface area contributed by atoms with Gasteiger partial charge in [0.2, 0.25) is 0 Å². The summed E-state index contributed by atoms with van der Waals surface area (Å²) in [5, 5.41) is 0.225. The molecule has 1 aromatic heterocycles. The molecule has 0 aliphatic carbocycles. The van der Waals surface area contributed by atoms with E-state index in [1.165, 1.54) is 11.8 Å². The van der Waals surface area contributed by atoms with Gasteiger partial charge in [0.05, 0.1) is 0 Å². The molecule has 50 valence electrons. The van der Waals surface area contributed by atoms with Gasteiger partial charge in [0.1, 0.15) is 0 Å². The number of hydrogen-bond acceptors (Lipinski definition) is 3. The second kappa shape index (κ2) is 2.09. The van der Waals surface area contributed by atoms with Crippen molar-refractivity contribution in [2.45, 2.75) is 11.3 Å². The summed E-state index contributed by atoms with van der Waals surface area (Å²) in [4.78, 5) is 15.8. The molecule has 2 rings (SSSR count). The first-order valence-corrected chi connectivity index (χ1v) is 3.81. The van der Waals surface area contributed by atoms with E-state index >= 15 is 0 Å². The summed E-state index contributed by atoms with van der Waals surface area (Å²) in [7, 11) is 0. The third-order valence-corrected chi connectivity index (χ3v) is 2.41. The summed E-state index contributed by atoms with van der Waals surface area (Å²) in [6, 6.07) is 1.88. The lowest BCUT2D eigenvalue weighted by atomic mass is 10.2. The molecular weight excluding hydrogens is 146 g/mol. The molecule has 0 saturated heterocycles. The van der Waals surface area contributed by atoms with Crippen LogP contribution in [0.15, 0.2) is 23.4 Å². The molecule has 0 atom stereocenters. The lowest BCUT2D eigenvalue weighted by Gasteiger charge is -1.89. The maximum Gasteiger partial charge on any atom is 0.198 e. The number of rotatable bonds is 0. The van der Waals surface area contributed by atoms with Crippen LogP contribution in [0.5, 0.6) is 0 Å². The molecule has 0 bridgehead atoms. The Hall–Kier alpha value is -0.830. The first-order valence-electron chi connectivity index (χ1n) is 3.00. The van der Waals surface area contributed by atoms with Crippen LogP contribution in [0.4, 0.5) is 0 Å². The molecule has 0 amide bonds. The minimum Gasteiger partial charge on any atom is -0.286 e. The Balaban J connectivity index is 2.51. The summed E-state index contributed by atoms with van der Waals surface area (Å²) in [5.74, 6) is 0. The van der Waals surface area contributed by atoms with Crippen LogP contribution in [0.2, 0.25) is 0 Å². The standard InChI is InChI=1S/C7H5NOS/c9-7-3-5-4-8-2-1-6(5)10-7/h1-2,4H,3H2. The van der Waals surface area contributed by atoms with E-state index in [0.717, 1.165) is 10.5 Å². The fraction of sp³-hybridized carbons (Fsp3) is 0.143. The quantitative estimate of drug-likeness (QED) is 0.559. The van der Waals surface area contributed by atoms with Crippen LogP contribution < -0.4 is 0 Å². The number of nitrogens with zero attached hydrogens (tertiary/aromatic N) is 1. The molecule has 1 aliphatic rings. The second-order valence-electron chi connectivity index (χ2n) is 2.13. The Morgan fingerprint density at radius 3 is 3.30 bits per heavy atom. The van der Waals surface area contributed by atoms with Gasteiger partial charge < -0.3 is 0 Å². The molecule has 0 spiro atoms. The molecule has 1 aliphatic heterocycles. The number of carbonyl (C=O) groups excluding carboxylic acids is 1. The maximum absolute atomic E-state index is 10.8. The minimum atomic E-state index is 0.225. The van der Waals surface area contributed by atoms with Crippen molar-refractivity contribution in [1.82, 2.24) is 4.98 Å². The van der Waals surface area contributed by atoms with Gasteiger partial charge in [-0.05, 0) is 11.6 Å². The van der Waals surface area contributed by atoms with E-state index in [9.17, 15) is 4.79 Å². The van der Waals surface area contributed by atoms with Crippen molar-refractivity contribution in [3.05, 3.63) is 24.0 Å². The van der Waals surface area contributed by atoms with Crippen LogP contribution in [0.1, 0.15) is 5.56 Å². The fourth-order valence-electron chi connectivity index (χ4n) is 0.961.